The molecule has 2 aromatic carbocycles. The number of nitrogens with zero attached hydrogens (tertiary/aromatic N) is 3. The van der Waals surface area contributed by atoms with E-state index in [-0.39, 0.29) is 12.1 Å². The summed E-state index contributed by atoms with van der Waals surface area (Å²) in [5, 5.41) is 4.19. The van der Waals surface area contributed by atoms with E-state index in [0.29, 0.717) is 5.11 Å². The SMILES string of the molecule is COc1cccc(N2C(=S)N[C@@H](c3ccccn3)[C@@H]2c2cccn2-c2ccc(C)cc2)c1. The van der Waals surface area contributed by atoms with Crippen molar-refractivity contribution in [3.05, 3.63) is 108 Å². The molecule has 3 heterocycles. The van der Waals surface area contributed by atoms with Crippen LogP contribution in [0.25, 0.3) is 5.69 Å². The van der Waals surface area contributed by atoms with Crippen molar-refractivity contribution in [1.29, 1.82) is 0 Å². The number of thiocarbonyl (C=S) groups is 1. The van der Waals surface area contributed by atoms with Gasteiger partial charge in [0.05, 0.1) is 18.8 Å². The quantitative estimate of drug-likeness (QED) is 0.423. The van der Waals surface area contributed by atoms with Gasteiger partial charge in [-0.15, -0.1) is 0 Å². The molecule has 0 aliphatic carbocycles. The number of aromatic nitrogens is 2. The number of pyridine rings is 1. The van der Waals surface area contributed by atoms with Crippen LogP contribution in [0.2, 0.25) is 0 Å². The maximum absolute atomic E-state index is 5.84. The van der Waals surface area contributed by atoms with Gasteiger partial charge in [-0.25, -0.2) is 0 Å². The van der Waals surface area contributed by atoms with Gasteiger partial charge >= 0.3 is 0 Å². The Hall–Kier alpha value is -3.64. The summed E-state index contributed by atoms with van der Waals surface area (Å²) in [5.74, 6) is 0.791. The number of aryl methyl sites for hydroxylation is 1. The summed E-state index contributed by atoms with van der Waals surface area (Å²) in [6.07, 6.45) is 3.92. The molecule has 2 atom stereocenters. The Labute approximate surface area is 193 Å². The molecular formula is C26H24N4OS. The van der Waals surface area contributed by atoms with Gasteiger partial charge < -0.3 is 19.5 Å². The van der Waals surface area contributed by atoms with Gasteiger partial charge in [0.25, 0.3) is 0 Å². The molecule has 4 aromatic rings. The Balaban J connectivity index is 1.66. The molecule has 0 bridgehead atoms. The molecule has 0 amide bonds. The monoisotopic (exact) mass is 440 g/mol. The second kappa shape index (κ2) is 8.48. The number of rotatable bonds is 5. The Kier molecular flexibility index (Phi) is 5.37. The Morgan fingerprint density at radius 3 is 2.53 bits per heavy atom. The maximum Gasteiger partial charge on any atom is 0.174 e. The largest absolute Gasteiger partial charge is 0.497 e. The van der Waals surface area contributed by atoms with Crippen LogP contribution < -0.4 is 15.0 Å². The third kappa shape index (κ3) is 3.63. The number of nitrogens with one attached hydrogen (secondary N) is 1. The summed E-state index contributed by atoms with van der Waals surface area (Å²) >= 11 is 5.84. The molecule has 1 aliphatic rings. The summed E-state index contributed by atoms with van der Waals surface area (Å²) in [6, 6.07) is 26.6. The van der Waals surface area contributed by atoms with E-state index >= 15 is 0 Å². The highest BCUT2D eigenvalue weighted by atomic mass is 32.1. The fourth-order valence-electron chi connectivity index (χ4n) is 4.27. The lowest BCUT2D eigenvalue weighted by Crippen LogP contribution is -2.30. The van der Waals surface area contributed by atoms with E-state index in [1.807, 2.05) is 42.6 Å². The van der Waals surface area contributed by atoms with Crippen molar-refractivity contribution >= 4 is 23.0 Å². The van der Waals surface area contributed by atoms with Crippen molar-refractivity contribution in [3.8, 4) is 11.4 Å². The lowest BCUT2D eigenvalue weighted by Gasteiger charge is -2.29. The Morgan fingerprint density at radius 2 is 1.78 bits per heavy atom. The van der Waals surface area contributed by atoms with E-state index in [9.17, 15) is 0 Å². The third-order valence-electron chi connectivity index (χ3n) is 5.83. The molecule has 1 fully saturated rings. The predicted octanol–water partition coefficient (Wildman–Crippen LogP) is 5.37. The fraction of sp³-hybridized carbons (Fsp3) is 0.154. The molecule has 2 aromatic heterocycles. The van der Waals surface area contributed by atoms with Gasteiger partial charge in [-0.05, 0) is 67.7 Å². The average molecular weight is 441 g/mol. The molecule has 5 rings (SSSR count). The number of anilines is 1. The first-order valence-corrected chi connectivity index (χ1v) is 11.0. The van der Waals surface area contributed by atoms with Crippen molar-refractivity contribution in [3.63, 3.8) is 0 Å². The molecule has 0 radical (unpaired) electrons. The number of methoxy groups -OCH3 is 1. The first kappa shape index (κ1) is 20.3. The number of benzene rings is 2. The number of ether oxygens (including phenoxy) is 1. The molecule has 0 spiro atoms. The lowest BCUT2D eigenvalue weighted by atomic mass is 10.0. The van der Waals surface area contributed by atoms with E-state index in [1.54, 1.807) is 7.11 Å². The van der Waals surface area contributed by atoms with E-state index < -0.39 is 0 Å². The molecule has 1 N–H and O–H groups in total. The normalized spacial score (nSPS) is 17.9. The smallest absolute Gasteiger partial charge is 0.174 e. The minimum atomic E-state index is -0.103. The second-order valence-corrected chi connectivity index (χ2v) is 8.22. The highest BCUT2D eigenvalue weighted by Crippen LogP contribution is 2.42. The molecule has 160 valence electrons. The minimum Gasteiger partial charge on any atom is -0.497 e. The van der Waals surface area contributed by atoms with Crippen LogP contribution in [0.15, 0.2) is 91.3 Å². The van der Waals surface area contributed by atoms with Gasteiger partial charge in [0, 0.05) is 35.5 Å². The van der Waals surface area contributed by atoms with Gasteiger partial charge in [0.1, 0.15) is 11.8 Å². The highest BCUT2D eigenvalue weighted by Gasteiger charge is 2.42. The van der Waals surface area contributed by atoms with Crippen molar-refractivity contribution < 1.29 is 4.74 Å². The van der Waals surface area contributed by atoms with Crippen molar-refractivity contribution in [2.45, 2.75) is 19.0 Å². The summed E-state index contributed by atoms with van der Waals surface area (Å²) in [4.78, 5) is 6.81. The number of hydrogen-bond donors (Lipinski definition) is 1. The zero-order chi connectivity index (χ0) is 22.1. The third-order valence-corrected chi connectivity index (χ3v) is 6.14. The molecule has 0 unspecified atom stereocenters. The van der Waals surface area contributed by atoms with Crippen LogP contribution in [0.5, 0.6) is 5.75 Å². The molecule has 1 aliphatic heterocycles. The lowest BCUT2D eigenvalue weighted by molar-refractivity contribution is 0.414. The van der Waals surface area contributed by atoms with Gasteiger partial charge in [0.2, 0.25) is 0 Å². The average Bonchev–Trinajstić information content (AvgIpc) is 3.44. The van der Waals surface area contributed by atoms with E-state index in [0.717, 1.165) is 28.5 Å². The van der Waals surface area contributed by atoms with E-state index in [1.165, 1.54) is 5.56 Å². The molecule has 0 saturated carbocycles. The van der Waals surface area contributed by atoms with Gasteiger partial charge in [-0.1, -0.05) is 29.8 Å². The summed E-state index contributed by atoms with van der Waals surface area (Å²) in [5.41, 5.74) is 5.39. The first-order valence-electron chi connectivity index (χ1n) is 10.5. The zero-order valence-corrected chi connectivity index (χ0v) is 18.8. The van der Waals surface area contributed by atoms with Crippen molar-refractivity contribution in [2.24, 2.45) is 0 Å². The van der Waals surface area contributed by atoms with Crippen LogP contribution in [-0.4, -0.2) is 21.8 Å². The van der Waals surface area contributed by atoms with Crippen LogP contribution in [-0.2, 0) is 0 Å². The molecule has 6 heteroatoms. The summed E-state index contributed by atoms with van der Waals surface area (Å²) < 4.78 is 7.71. The van der Waals surface area contributed by atoms with Gasteiger partial charge in [-0.3, -0.25) is 4.98 Å². The Bertz CT molecular complexity index is 1240. The topological polar surface area (TPSA) is 42.3 Å². The summed E-state index contributed by atoms with van der Waals surface area (Å²) in [7, 11) is 1.68. The molecular weight excluding hydrogens is 416 g/mol. The van der Waals surface area contributed by atoms with E-state index in [4.69, 9.17) is 17.0 Å². The van der Waals surface area contributed by atoms with Crippen molar-refractivity contribution in [1.82, 2.24) is 14.9 Å². The van der Waals surface area contributed by atoms with Crippen molar-refractivity contribution in [2.75, 3.05) is 12.0 Å². The second-order valence-electron chi connectivity index (χ2n) is 7.84. The van der Waals surface area contributed by atoms with Crippen LogP contribution in [0, 0.1) is 6.92 Å². The summed E-state index contributed by atoms with van der Waals surface area (Å²) in [6.45, 7) is 2.10. The minimum absolute atomic E-state index is 0.0965. The number of hydrogen-bond acceptors (Lipinski definition) is 3. The van der Waals surface area contributed by atoms with Gasteiger partial charge in [0.15, 0.2) is 5.11 Å². The fourth-order valence-corrected chi connectivity index (χ4v) is 4.62. The van der Waals surface area contributed by atoms with Crippen LogP contribution in [0.4, 0.5) is 5.69 Å². The van der Waals surface area contributed by atoms with Crippen LogP contribution in [0.1, 0.15) is 29.0 Å². The molecule has 1 saturated heterocycles. The maximum atomic E-state index is 5.84. The van der Waals surface area contributed by atoms with Crippen LogP contribution >= 0.6 is 12.2 Å². The molecule has 5 nitrogen and oxygen atoms in total. The highest BCUT2D eigenvalue weighted by molar-refractivity contribution is 7.80. The Morgan fingerprint density at radius 1 is 0.938 bits per heavy atom. The standard InChI is InChI=1S/C26H24N4OS/c1-18-11-13-19(14-12-18)29-16-6-10-23(29)25-24(22-9-3-4-15-27-22)28-26(32)30(25)20-7-5-8-21(17-20)31-2/h3-17,24-25H,1-2H3,(H,28,32)/t24-,25-/m0/s1. The zero-order valence-electron chi connectivity index (χ0n) is 18.0. The van der Waals surface area contributed by atoms with E-state index in [2.05, 4.69) is 75.4 Å². The predicted molar refractivity (Wildman–Crippen MR) is 131 cm³/mol. The van der Waals surface area contributed by atoms with Crippen LogP contribution in [0.3, 0.4) is 0 Å². The molecule has 32 heavy (non-hydrogen) atoms. The first-order chi connectivity index (χ1) is 15.7. The van der Waals surface area contributed by atoms with Gasteiger partial charge in [-0.2, -0.15) is 0 Å².